The molecule has 0 aromatic carbocycles. The Balaban J connectivity index is 2.65. The van der Waals surface area contributed by atoms with Gasteiger partial charge in [-0.05, 0) is 18.1 Å². The summed E-state index contributed by atoms with van der Waals surface area (Å²) in [6.07, 6.45) is 0.839. The van der Waals surface area contributed by atoms with E-state index in [0.717, 1.165) is 0 Å². The van der Waals surface area contributed by atoms with Crippen LogP contribution in [0.2, 0.25) is 0 Å². The van der Waals surface area contributed by atoms with Crippen molar-refractivity contribution in [1.29, 1.82) is 0 Å². The highest BCUT2D eigenvalue weighted by Crippen LogP contribution is 2.19. The third-order valence-corrected chi connectivity index (χ3v) is 1.97. The van der Waals surface area contributed by atoms with Crippen LogP contribution >= 0.6 is 0 Å². The molecule has 0 bridgehead atoms. The van der Waals surface area contributed by atoms with Crippen molar-refractivity contribution in [3.8, 4) is 0 Å². The predicted molar refractivity (Wildman–Crippen MR) is 46.5 cm³/mol. The van der Waals surface area contributed by atoms with Gasteiger partial charge in [0, 0.05) is 6.04 Å². The first kappa shape index (κ1) is 9.29. The van der Waals surface area contributed by atoms with E-state index < -0.39 is 6.10 Å². The van der Waals surface area contributed by atoms with E-state index in [1.807, 2.05) is 13.8 Å². The number of nitrogens with two attached hydrogens (primary N) is 1. The Labute approximate surface area is 72.2 Å². The van der Waals surface area contributed by atoms with E-state index in [1.54, 1.807) is 12.1 Å². The first-order valence-electron chi connectivity index (χ1n) is 4.10. The van der Waals surface area contributed by atoms with Crippen molar-refractivity contribution in [3.63, 3.8) is 0 Å². The van der Waals surface area contributed by atoms with Gasteiger partial charge in [0.2, 0.25) is 0 Å². The summed E-state index contributed by atoms with van der Waals surface area (Å²) < 4.78 is 5.04. The maximum atomic E-state index is 9.63. The van der Waals surface area contributed by atoms with Gasteiger partial charge in [0.05, 0.1) is 6.26 Å². The quantitative estimate of drug-likeness (QED) is 0.717. The Morgan fingerprint density at radius 3 is 2.58 bits per heavy atom. The Hall–Kier alpha value is -0.800. The van der Waals surface area contributed by atoms with Crippen LogP contribution in [0, 0.1) is 5.92 Å². The zero-order valence-corrected chi connectivity index (χ0v) is 7.40. The smallest absolute Gasteiger partial charge is 0.133 e. The topological polar surface area (TPSA) is 59.4 Å². The minimum Gasteiger partial charge on any atom is -0.467 e. The highest BCUT2D eigenvalue weighted by molar-refractivity contribution is 5.04. The summed E-state index contributed by atoms with van der Waals surface area (Å²) in [5.74, 6) is 0.779. The fourth-order valence-electron chi connectivity index (χ4n) is 1.01. The Kier molecular flexibility index (Phi) is 2.89. The van der Waals surface area contributed by atoms with Crippen molar-refractivity contribution in [2.45, 2.75) is 26.0 Å². The maximum absolute atomic E-state index is 9.63. The van der Waals surface area contributed by atoms with Gasteiger partial charge in [0.25, 0.3) is 0 Å². The number of aliphatic hydroxyl groups excluding tert-OH is 1. The molecule has 3 nitrogen and oxygen atoms in total. The summed E-state index contributed by atoms with van der Waals surface area (Å²) in [5.41, 5.74) is 5.74. The molecule has 0 amide bonds. The average molecular weight is 169 g/mol. The Bertz CT molecular complexity index is 218. The average Bonchev–Trinajstić information content (AvgIpc) is 2.53. The lowest BCUT2D eigenvalue weighted by Gasteiger charge is -2.19. The molecule has 0 radical (unpaired) electrons. The summed E-state index contributed by atoms with van der Waals surface area (Å²) in [7, 11) is 0. The fourth-order valence-corrected chi connectivity index (χ4v) is 1.01. The van der Waals surface area contributed by atoms with Crippen LogP contribution in [0.25, 0.3) is 0 Å². The van der Waals surface area contributed by atoms with Crippen molar-refractivity contribution in [1.82, 2.24) is 0 Å². The molecule has 0 saturated carbocycles. The van der Waals surface area contributed by atoms with Crippen molar-refractivity contribution in [3.05, 3.63) is 24.2 Å². The normalized spacial score (nSPS) is 16.4. The molecule has 0 aliphatic rings. The zero-order valence-electron chi connectivity index (χ0n) is 7.40. The largest absolute Gasteiger partial charge is 0.467 e. The molecule has 0 aliphatic carbocycles. The van der Waals surface area contributed by atoms with E-state index in [4.69, 9.17) is 10.2 Å². The van der Waals surface area contributed by atoms with Crippen LogP contribution in [0.15, 0.2) is 22.8 Å². The molecule has 0 saturated heterocycles. The second kappa shape index (κ2) is 3.74. The third-order valence-electron chi connectivity index (χ3n) is 1.97. The van der Waals surface area contributed by atoms with Crippen molar-refractivity contribution < 1.29 is 9.52 Å². The molecule has 1 aromatic rings. The van der Waals surface area contributed by atoms with Crippen molar-refractivity contribution in [2.75, 3.05) is 0 Å². The molecule has 12 heavy (non-hydrogen) atoms. The van der Waals surface area contributed by atoms with E-state index >= 15 is 0 Å². The van der Waals surface area contributed by atoms with E-state index in [2.05, 4.69) is 0 Å². The summed E-state index contributed by atoms with van der Waals surface area (Å²) in [6, 6.07) is 3.20. The zero-order chi connectivity index (χ0) is 9.14. The Morgan fingerprint density at radius 2 is 2.17 bits per heavy atom. The highest BCUT2D eigenvalue weighted by Gasteiger charge is 2.21. The van der Waals surface area contributed by atoms with Crippen LogP contribution in [0.5, 0.6) is 0 Å². The second-order valence-corrected chi connectivity index (χ2v) is 3.28. The van der Waals surface area contributed by atoms with Crippen LogP contribution in [0.4, 0.5) is 0 Å². The van der Waals surface area contributed by atoms with Crippen LogP contribution in [-0.2, 0) is 0 Å². The summed E-state index contributed by atoms with van der Waals surface area (Å²) in [6.45, 7) is 3.94. The highest BCUT2D eigenvalue weighted by atomic mass is 16.4. The SMILES string of the molecule is CC(C)C(N)C(O)c1ccco1. The van der Waals surface area contributed by atoms with Gasteiger partial charge in [-0.3, -0.25) is 0 Å². The lowest BCUT2D eigenvalue weighted by Crippen LogP contribution is -2.33. The van der Waals surface area contributed by atoms with Crippen LogP contribution in [-0.4, -0.2) is 11.1 Å². The minimum absolute atomic E-state index is 0.241. The fraction of sp³-hybridized carbons (Fsp3) is 0.556. The molecule has 1 rings (SSSR count). The summed E-state index contributed by atoms with van der Waals surface area (Å²) in [5, 5.41) is 9.63. The van der Waals surface area contributed by atoms with Gasteiger partial charge in [0.15, 0.2) is 0 Å². The molecule has 0 fully saturated rings. The van der Waals surface area contributed by atoms with Crippen molar-refractivity contribution >= 4 is 0 Å². The molecular formula is C9H15NO2. The van der Waals surface area contributed by atoms with Gasteiger partial charge >= 0.3 is 0 Å². The van der Waals surface area contributed by atoms with Crippen LogP contribution < -0.4 is 5.73 Å². The number of rotatable bonds is 3. The van der Waals surface area contributed by atoms with Crippen LogP contribution in [0.1, 0.15) is 25.7 Å². The first-order valence-corrected chi connectivity index (χ1v) is 4.10. The molecule has 1 aromatic heterocycles. The van der Waals surface area contributed by atoms with Gasteiger partial charge in [0.1, 0.15) is 11.9 Å². The number of aliphatic hydroxyl groups is 1. The van der Waals surface area contributed by atoms with E-state index in [0.29, 0.717) is 5.76 Å². The molecule has 0 aliphatic heterocycles. The lowest BCUT2D eigenvalue weighted by molar-refractivity contribution is 0.103. The van der Waals surface area contributed by atoms with Gasteiger partial charge in [-0.25, -0.2) is 0 Å². The van der Waals surface area contributed by atoms with Crippen LogP contribution in [0.3, 0.4) is 0 Å². The first-order chi connectivity index (χ1) is 5.63. The Morgan fingerprint density at radius 1 is 1.50 bits per heavy atom. The molecule has 3 N–H and O–H groups in total. The lowest BCUT2D eigenvalue weighted by atomic mass is 9.98. The number of furan rings is 1. The van der Waals surface area contributed by atoms with Gasteiger partial charge in [-0.15, -0.1) is 0 Å². The maximum Gasteiger partial charge on any atom is 0.133 e. The van der Waals surface area contributed by atoms with Gasteiger partial charge < -0.3 is 15.3 Å². The van der Waals surface area contributed by atoms with Gasteiger partial charge in [-0.1, -0.05) is 13.8 Å². The van der Waals surface area contributed by atoms with Crippen molar-refractivity contribution in [2.24, 2.45) is 11.7 Å². The molecule has 2 atom stereocenters. The van der Waals surface area contributed by atoms with E-state index in [9.17, 15) is 5.11 Å². The molecule has 68 valence electrons. The molecular weight excluding hydrogens is 154 g/mol. The predicted octanol–water partition coefficient (Wildman–Crippen LogP) is 1.30. The number of hydrogen-bond acceptors (Lipinski definition) is 3. The standard InChI is InChI=1S/C9H15NO2/c1-6(2)8(10)9(11)7-4-3-5-12-7/h3-6,8-9,11H,10H2,1-2H3. The second-order valence-electron chi connectivity index (χ2n) is 3.28. The van der Waals surface area contributed by atoms with E-state index in [1.165, 1.54) is 6.26 Å². The summed E-state index contributed by atoms with van der Waals surface area (Å²) in [4.78, 5) is 0. The molecule has 3 heteroatoms. The minimum atomic E-state index is -0.694. The molecule has 1 heterocycles. The summed E-state index contributed by atoms with van der Waals surface area (Å²) >= 11 is 0. The van der Waals surface area contributed by atoms with E-state index in [-0.39, 0.29) is 12.0 Å². The molecule has 2 unspecified atom stereocenters. The number of hydrogen-bond donors (Lipinski definition) is 2. The van der Waals surface area contributed by atoms with Gasteiger partial charge in [-0.2, -0.15) is 0 Å². The molecule has 0 spiro atoms. The third kappa shape index (κ3) is 1.87. The monoisotopic (exact) mass is 169 g/mol.